The normalized spacial score (nSPS) is 12.2. The molecular formula is C26H20ClFN4O. The Morgan fingerprint density at radius 2 is 1.91 bits per heavy atom. The van der Waals surface area contributed by atoms with E-state index in [-0.39, 0.29) is 17.5 Å². The number of ketones is 1. The highest BCUT2D eigenvalue weighted by Gasteiger charge is 2.19. The number of carbonyl (C=O) groups excluding carboxylic acids is 1. The van der Waals surface area contributed by atoms with Crippen LogP contribution in [0.4, 0.5) is 4.39 Å². The number of rotatable bonds is 6. The molecule has 7 heteroatoms. The van der Waals surface area contributed by atoms with Gasteiger partial charge in [-0.15, -0.1) is 0 Å². The van der Waals surface area contributed by atoms with Crippen molar-refractivity contribution in [2.45, 2.75) is 19.3 Å². The number of nitrogens with one attached hydrogen (secondary N) is 1. The molecule has 5 rings (SSSR count). The third-order valence-corrected chi connectivity index (χ3v) is 6.07. The van der Waals surface area contributed by atoms with E-state index in [9.17, 15) is 9.18 Å². The minimum atomic E-state index is -0.329. The van der Waals surface area contributed by atoms with Gasteiger partial charge < -0.3 is 4.98 Å². The smallest absolute Gasteiger partial charge is 0.163 e. The van der Waals surface area contributed by atoms with E-state index in [0.29, 0.717) is 28.4 Å². The summed E-state index contributed by atoms with van der Waals surface area (Å²) in [7, 11) is 0. The summed E-state index contributed by atoms with van der Waals surface area (Å²) in [6.45, 7) is 1.99. The highest BCUT2D eigenvalue weighted by Crippen LogP contribution is 2.35. The van der Waals surface area contributed by atoms with Gasteiger partial charge in [-0.3, -0.25) is 4.79 Å². The number of fused-ring (bicyclic) bond motifs is 1. The molecule has 0 aliphatic rings. The van der Waals surface area contributed by atoms with Gasteiger partial charge >= 0.3 is 0 Å². The molecule has 0 aliphatic heterocycles. The Labute approximate surface area is 194 Å². The van der Waals surface area contributed by atoms with Crippen molar-refractivity contribution in [2.75, 3.05) is 0 Å². The number of H-pyrrole nitrogens is 1. The summed E-state index contributed by atoms with van der Waals surface area (Å²) in [6, 6.07) is 19.1. The first kappa shape index (κ1) is 21.1. The third kappa shape index (κ3) is 4.05. The predicted octanol–water partition coefficient (Wildman–Crippen LogP) is 6.58. The molecule has 5 aromatic rings. The van der Waals surface area contributed by atoms with Crippen molar-refractivity contribution in [1.82, 2.24) is 19.7 Å². The van der Waals surface area contributed by atoms with Crippen LogP contribution < -0.4 is 0 Å². The van der Waals surface area contributed by atoms with Gasteiger partial charge in [-0.2, -0.15) is 5.10 Å². The Kier molecular flexibility index (Phi) is 5.52. The van der Waals surface area contributed by atoms with Crippen LogP contribution in [0.25, 0.3) is 27.8 Å². The molecule has 5 nitrogen and oxygen atoms in total. The van der Waals surface area contributed by atoms with Crippen molar-refractivity contribution in [3.05, 3.63) is 101 Å². The molecule has 0 saturated carbocycles. The van der Waals surface area contributed by atoms with Gasteiger partial charge in [-0.1, -0.05) is 42.8 Å². The molecule has 164 valence electrons. The monoisotopic (exact) mass is 458 g/mol. The first-order valence-electron chi connectivity index (χ1n) is 10.6. The third-order valence-electron chi connectivity index (χ3n) is 5.75. The lowest BCUT2D eigenvalue weighted by molar-refractivity contribution is 0.0975. The van der Waals surface area contributed by atoms with E-state index in [1.807, 2.05) is 49.4 Å². The van der Waals surface area contributed by atoms with E-state index in [0.717, 1.165) is 22.2 Å². The Bertz CT molecular complexity index is 1440. The highest BCUT2D eigenvalue weighted by atomic mass is 35.5. The van der Waals surface area contributed by atoms with E-state index in [1.165, 1.54) is 12.1 Å². The molecule has 2 aromatic heterocycles. The topological polar surface area (TPSA) is 63.6 Å². The number of carbonyl (C=O) groups is 1. The Morgan fingerprint density at radius 1 is 1.12 bits per heavy atom. The number of hydrogen-bond acceptors (Lipinski definition) is 3. The lowest BCUT2D eigenvalue weighted by atomic mass is 9.96. The maximum atomic E-state index is 13.5. The molecule has 0 radical (unpaired) electrons. The summed E-state index contributed by atoms with van der Waals surface area (Å²) < 4.78 is 15.3. The second-order valence-corrected chi connectivity index (χ2v) is 8.39. The minimum Gasteiger partial charge on any atom is -0.348 e. The fraction of sp³-hybridized carbons (Fsp3) is 0.115. The van der Waals surface area contributed by atoms with Crippen molar-refractivity contribution in [3.63, 3.8) is 0 Å². The number of hydrogen-bond donors (Lipinski definition) is 1. The molecule has 1 unspecified atom stereocenters. The summed E-state index contributed by atoms with van der Waals surface area (Å²) in [6.07, 6.45) is 3.69. The first-order valence-corrected chi connectivity index (χ1v) is 10.9. The molecule has 0 amide bonds. The number of imidazole rings is 1. The van der Waals surface area contributed by atoms with Crippen molar-refractivity contribution in [1.29, 1.82) is 0 Å². The standard InChI is InChI=1S/C26H20ClFN4O/c1-16(23-14-29-15-30-23)12-25(33)17-6-11-21-24(13-17)32(19-9-7-18(28)8-10-19)31-26(21)20-4-2-3-5-22(20)27/h2-11,13-16H,12H2,1H3,(H,29,30). The molecule has 0 aliphatic carbocycles. The largest absolute Gasteiger partial charge is 0.348 e. The fourth-order valence-electron chi connectivity index (χ4n) is 3.96. The summed E-state index contributed by atoms with van der Waals surface area (Å²) in [5, 5.41) is 6.24. The van der Waals surface area contributed by atoms with Gasteiger partial charge in [0, 0.05) is 40.7 Å². The van der Waals surface area contributed by atoms with Gasteiger partial charge in [0.05, 0.1) is 22.6 Å². The van der Waals surface area contributed by atoms with Crippen LogP contribution in [0, 0.1) is 5.82 Å². The summed E-state index contributed by atoms with van der Waals surface area (Å²) in [5.41, 5.74) is 4.43. The molecule has 1 N–H and O–H groups in total. The van der Waals surface area contributed by atoms with Crippen LogP contribution in [0.3, 0.4) is 0 Å². The zero-order valence-corrected chi connectivity index (χ0v) is 18.6. The average molecular weight is 459 g/mol. The van der Waals surface area contributed by atoms with Crippen LogP contribution in [-0.4, -0.2) is 25.5 Å². The van der Waals surface area contributed by atoms with Crippen LogP contribution in [0.1, 0.15) is 35.3 Å². The summed E-state index contributed by atoms with van der Waals surface area (Å²) in [4.78, 5) is 20.2. The van der Waals surface area contributed by atoms with Crippen LogP contribution >= 0.6 is 11.6 Å². The van der Waals surface area contributed by atoms with Crippen LogP contribution in [0.2, 0.25) is 5.02 Å². The molecular weight excluding hydrogens is 439 g/mol. The fourth-order valence-corrected chi connectivity index (χ4v) is 4.19. The molecule has 2 heterocycles. The van der Waals surface area contributed by atoms with Crippen molar-refractivity contribution >= 4 is 28.3 Å². The zero-order valence-electron chi connectivity index (χ0n) is 17.8. The molecule has 1 atom stereocenters. The second-order valence-electron chi connectivity index (χ2n) is 7.98. The number of aromatic nitrogens is 4. The van der Waals surface area contributed by atoms with Crippen LogP contribution in [0.5, 0.6) is 0 Å². The lowest BCUT2D eigenvalue weighted by Gasteiger charge is -2.09. The molecule has 3 aromatic carbocycles. The van der Waals surface area contributed by atoms with Gasteiger partial charge in [0.2, 0.25) is 0 Å². The number of nitrogens with zero attached hydrogens (tertiary/aromatic N) is 3. The summed E-state index contributed by atoms with van der Waals surface area (Å²) >= 11 is 6.46. The first-order chi connectivity index (χ1) is 16.0. The average Bonchev–Trinajstić information content (AvgIpc) is 3.48. The van der Waals surface area contributed by atoms with Gasteiger partial charge in [-0.05, 0) is 42.5 Å². The quantitative estimate of drug-likeness (QED) is 0.292. The van der Waals surface area contributed by atoms with Gasteiger partial charge in [0.25, 0.3) is 0 Å². The van der Waals surface area contributed by atoms with Gasteiger partial charge in [-0.25, -0.2) is 14.1 Å². The van der Waals surface area contributed by atoms with Gasteiger partial charge in [0.1, 0.15) is 11.5 Å². The van der Waals surface area contributed by atoms with Crippen molar-refractivity contribution in [3.8, 4) is 16.9 Å². The Hall–Kier alpha value is -3.77. The van der Waals surface area contributed by atoms with Crippen LogP contribution in [-0.2, 0) is 0 Å². The molecule has 0 spiro atoms. The highest BCUT2D eigenvalue weighted by molar-refractivity contribution is 6.33. The zero-order chi connectivity index (χ0) is 22.9. The Balaban J connectivity index is 1.62. The maximum Gasteiger partial charge on any atom is 0.163 e. The van der Waals surface area contributed by atoms with E-state index >= 15 is 0 Å². The van der Waals surface area contributed by atoms with Gasteiger partial charge in [0.15, 0.2) is 5.78 Å². The molecule has 0 bridgehead atoms. The van der Waals surface area contributed by atoms with E-state index < -0.39 is 0 Å². The minimum absolute atomic E-state index is 0.0105. The SMILES string of the molecule is CC(CC(=O)c1ccc2c(-c3ccccc3Cl)nn(-c3ccc(F)cc3)c2c1)c1cnc[nH]1. The van der Waals surface area contributed by atoms with Crippen LogP contribution in [0.15, 0.2) is 79.3 Å². The predicted molar refractivity (Wildman–Crippen MR) is 127 cm³/mol. The van der Waals surface area contributed by atoms with Crippen molar-refractivity contribution < 1.29 is 9.18 Å². The number of aromatic amines is 1. The Morgan fingerprint density at radius 3 is 2.64 bits per heavy atom. The van der Waals surface area contributed by atoms with E-state index in [4.69, 9.17) is 16.7 Å². The van der Waals surface area contributed by atoms with E-state index in [1.54, 1.807) is 29.3 Å². The molecule has 0 fully saturated rings. The van der Waals surface area contributed by atoms with E-state index in [2.05, 4.69) is 9.97 Å². The summed E-state index contributed by atoms with van der Waals surface area (Å²) in [5.74, 6) is -0.299. The maximum absolute atomic E-state index is 13.5. The molecule has 33 heavy (non-hydrogen) atoms. The lowest BCUT2D eigenvalue weighted by Crippen LogP contribution is -2.06. The number of halogens is 2. The second kappa shape index (κ2) is 8.64. The number of Topliss-reactive ketones (excluding diaryl/α,β-unsaturated/α-hetero) is 1. The van der Waals surface area contributed by atoms with Crippen molar-refractivity contribution in [2.24, 2.45) is 0 Å². The number of benzene rings is 3. The molecule has 0 saturated heterocycles.